The topological polar surface area (TPSA) is 53.6 Å². The molecule has 0 aliphatic heterocycles. The number of aromatic nitrogens is 2. The van der Waals surface area contributed by atoms with Crippen molar-refractivity contribution < 1.29 is 0 Å². The molecular weight excluding hydrogens is 224 g/mol. The van der Waals surface area contributed by atoms with Crippen LogP contribution in [0.15, 0.2) is 12.4 Å². The minimum Gasteiger partial charge on any atom is -0.297 e. The van der Waals surface area contributed by atoms with Crippen molar-refractivity contribution >= 4 is 11.6 Å². The van der Waals surface area contributed by atoms with Gasteiger partial charge in [0.1, 0.15) is 5.54 Å². The number of aryl methyl sites for hydroxylation is 1. The molecule has 1 aromatic heterocycles. The van der Waals surface area contributed by atoms with Gasteiger partial charge in [0.25, 0.3) is 0 Å². The van der Waals surface area contributed by atoms with Gasteiger partial charge in [-0.15, -0.1) is 0 Å². The molecule has 86 valence electrons. The minimum absolute atomic E-state index is 0.459. The maximum absolute atomic E-state index is 9.18. The molecule has 1 aliphatic rings. The summed E-state index contributed by atoms with van der Waals surface area (Å²) in [6, 6.07) is 2.87. The number of nitrogens with one attached hydrogen (secondary N) is 1. The summed E-state index contributed by atoms with van der Waals surface area (Å²) >= 11 is 5.77. The Labute approximate surface area is 100 Å². The van der Waals surface area contributed by atoms with Gasteiger partial charge in [0.15, 0.2) is 0 Å². The van der Waals surface area contributed by atoms with Gasteiger partial charge < -0.3 is 0 Å². The molecule has 5 heteroatoms. The number of rotatable bonds is 5. The highest BCUT2D eigenvalue weighted by Gasteiger charge is 2.32. The highest BCUT2D eigenvalue weighted by molar-refractivity contribution is 6.30. The van der Waals surface area contributed by atoms with Crippen LogP contribution in [0.2, 0.25) is 5.02 Å². The van der Waals surface area contributed by atoms with E-state index in [-0.39, 0.29) is 0 Å². The average molecular weight is 239 g/mol. The molecule has 0 radical (unpaired) electrons. The highest BCUT2D eigenvalue weighted by Crippen LogP contribution is 2.24. The lowest BCUT2D eigenvalue weighted by Gasteiger charge is -2.23. The number of hydrogen-bond acceptors (Lipinski definition) is 3. The van der Waals surface area contributed by atoms with E-state index in [2.05, 4.69) is 16.5 Å². The quantitative estimate of drug-likeness (QED) is 0.853. The molecule has 1 fully saturated rings. The van der Waals surface area contributed by atoms with Crippen molar-refractivity contribution in [2.45, 2.75) is 44.3 Å². The SMILES string of the molecule is CC(C#N)(CCn1cc(Cl)cn1)NC1CC1. The predicted octanol–water partition coefficient (Wildman–Crippen LogP) is 1.96. The molecule has 1 heterocycles. The Balaban J connectivity index is 1.89. The molecule has 1 atom stereocenters. The van der Waals surface area contributed by atoms with Crippen LogP contribution in [0.5, 0.6) is 0 Å². The molecule has 2 rings (SSSR count). The first-order valence-corrected chi connectivity index (χ1v) is 5.86. The molecule has 1 unspecified atom stereocenters. The Bertz CT molecular complexity index is 404. The Hall–Kier alpha value is -1.05. The third-order valence-electron chi connectivity index (χ3n) is 2.79. The Morgan fingerprint density at radius 1 is 1.75 bits per heavy atom. The van der Waals surface area contributed by atoms with Gasteiger partial charge in [-0.05, 0) is 26.2 Å². The van der Waals surface area contributed by atoms with Crippen molar-refractivity contribution in [2.75, 3.05) is 0 Å². The van der Waals surface area contributed by atoms with Gasteiger partial charge in [0, 0.05) is 18.8 Å². The fourth-order valence-corrected chi connectivity index (χ4v) is 1.79. The highest BCUT2D eigenvalue weighted by atomic mass is 35.5. The minimum atomic E-state index is -0.459. The van der Waals surface area contributed by atoms with Crippen LogP contribution >= 0.6 is 11.6 Å². The summed E-state index contributed by atoms with van der Waals surface area (Å²) < 4.78 is 1.77. The summed E-state index contributed by atoms with van der Waals surface area (Å²) in [5.74, 6) is 0. The van der Waals surface area contributed by atoms with E-state index in [0.717, 1.165) is 6.42 Å². The van der Waals surface area contributed by atoms with Crippen molar-refractivity contribution in [1.82, 2.24) is 15.1 Å². The van der Waals surface area contributed by atoms with E-state index < -0.39 is 5.54 Å². The molecule has 0 saturated heterocycles. The predicted molar refractivity (Wildman–Crippen MR) is 62.0 cm³/mol. The summed E-state index contributed by atoms with van der Waals surface area (Å²) in [7, 11) is 0. The lowest BCUT2D eigenvalue weighted by molar-refractivity contribution is 0.379. The van der Waals surface area contributed by atoms with Gasteiger partial charge in [0.05, 0.1) is 17.3 Å². The fraction of sp³-hybridized carbons (Fsp3) is 0.636. The van der Waals surface area contributed by atoms with Gasteiger partial charge in [0.2, 0.25) is 0 Å². The van der Waals surface area contributed by atoms with Crippen molar-refractivity contribution in [3.63, 3.8) is 0 Å². The van der Waals surface area contributed by atoms with Crippen LogP contribution in [0.4, 0.5) is 0 Å². The van der Waals surface area contributed by atoms with Gasteiger partial charge in [-0.25, -0.2) is 0 Å². The first-order chi connectivity index (χ1) is 7.61. The molecule has 1 saturated carbocycles. The largest absolute Gasteiger partial charge is 0.297 e. The van der Waals surface area contributed by atoms with Crippen molar-refractivity contribution in [3.8, 4) is 6.07 Å². The van der Waals surface area contributed by atoms with Crippen molar-refractivity contribution in [1.29, 1.82) is 5.26 Å². The van der Waals surface area contributed by atoms with Crippen molar-refractivity contribution in [3.05, 3.63) is 17.4 Å². The first-order valence-electron chi connectivity index (χ1n) is 5.48. The fourth-order valence-electron chi connectivity index (χ4n) is 1.64. The van der Waals surface area contributed by atoms with Gasteiger partial charge >= 0.3 is 0 Å². The summed E-state index contributed by atoms with van der Waals surface area (Å²) in [4.78, 5) is 0. The van der Waals surface area contributed by atoms with Crippen LogP contribution in [-0.4, -0.2) is 21.4 Å². The zero-order chi connectivity index (χ0) is 11.6. The monoisotopic (exact) mass is 238 g/mol. The smallest absolute Gasteiger partial charge is 0.105 e. The lowest BCUT2D eigenvalue weighted by Crippen LogP contribution is -2.43. The van der Waals surface area contributed by atoms with Gasteiger partial charge in [-0.2, -0.15) is 10.4 Å². The third kappa shape index (κ3) is 2.97. The van der Waals surface area contributed by atoms with Gasteiger partial charge in [-0.3, -0.25) is 10.00 Å². The average Bonchev–Trinajstić information content (AvgIpc) is 2.97. The third-order valence-corrected chi connectivity index (χ3v) is 2.98. The molecular formula is C11H15ClN4. The number of nitrogens with zero attached hydrogens (tertiary/aromatic N) is 3. The molecule has 1 aromatic rings. The summed E-state index contributed by atoms with van der Waals surface area (Å²) in [5, 5.41) is 17.3. The maximum Gasteiger partial charge on any atom is 0.105 e. The Morgan fingerprint density at radius 3 is 3.00 bits per heavy atom. The zero-order valence-electron chi connectivity index (χ0n) is 9.28. The number of hydrogen-bond donors (Lipinski definition) is 1. The second kappa shape index (κ2) is 4.44. The van der Waals surface area contributed by atoms with E-state index in [0.29, 0.717) is 17.6 Å². The van der Waals surface area contributed by atoms with Crippen LogP contribution in [0.25, 0.3) is 0 Å². The van der Waals surface area contributed by atoms with Crippen LogP contribution in [0.1, 0.15) is 26.2 Å². The van der Waals surface area contributed by atoms with Crippen LogP contribution < -0.4 is 5.32 Å². The lowest BCUT2D eigenvalue weighted by atomic mass is 10.00. The second-order valence-corrected chi connectivity index (χ2v) is 4.97. The molecule has 1 N–H and O–H groups in total. The standard InChI is InChI=1S/C11H15ClN4/c1-11(8-13,15-10-2-3-10)4-5-16-7-9(12)6-14-16/h6-7,10,15H,2-5H2,1H3. The summed E-state index contributed by atoms with van der Waals surface area (Å²) in [5.41, 5.74) is -0.459. The summed E-state index contributed by atoms with van der Waals surface area (Å²) in [6.07, 6.45) is 6.49. The molecule has 4 nitrogen and oxygen atoms in total. The van der Waals surface area contributed by atoms with Crippen LogP contribution in [0.3, 0.4) is 0 Å². The molecule has 0 aromatic carbocycles. The van der Waals surface area contributed by atoms with E-state index in [1.165, 1.54) is 12.8 Å². The molecule has 16 heavy (non-hydrogen) atoms. The molecule has 0 amide bonds. The van der Waals surface area contributed by atoms with Crippen molar-refractivity contribution in [2.24, 2.45) is 0 Å². The summed E-state index contributed by atoms with van der Waals surface area (Å²) in [6.45, 7) is 2.65. The number of halogens is 1. The Morgan fingerprint density at radius 2 is 2.50 bits per heavy atom. The zero-order valence-corrected chi connectivity index (χ0v) is 10.0. The van der Waals surface area contributed by atoms with E-state index >= 15 is 0 Å². The molecule has 0 bridgehead atoms. The van der Waals surface area contributed by atoms with E-state index in [9.17, 15) is 5.26 Å². The van der Waals surface area contributed by atoms with E-state index in [4.69, 9.17) is 11.6 Å². The normalized spacial score (nSPS) is 19.1. The first kappa shape index (κ1) is 11.4. The van der Waals surface area contributed by atoms with Gasteiger partial charge in [-0.1, -0.05) is 11.6 Å². The maximum atomic E-state index is 9.18. The van der Waals surface area contributed by atoms with E-state index in [1.54, 1.807) is 17.1 Å². The van der Waals surface area contributed by atoms with Crippen LogP contribution in [0, 0.1) is 11.3 Å². The Kier molecular flexibility index (Phi) is 3.17. The van der Waals surface area contributed by atoms with E-state index in [1.807, 2.05) is 6.92 Å². The van der Waals surface area contributed by atoms with Crippen LogP contribution in [-0.2, 0) is 6.54 Å². The second-order valence-electron chi connectivity index (χ2n) is 4.53. The molecule has 1 aliphatic carbocycles. The molecule has 0 spiro atoms. The number of nitriles is 1.